The summed E-state index contributed by atoms with van der Waals surface area (Å²) in [6, 6.07) is 6.51. The van der Waals surface area contributed by atoms with E-state index in [-0.39, 0.29) is 17.2 Å². The number of aryl methyl sites for hydroxylation is 1. The third-order valence-electron chi connectivity index (χ3n) is 4.09. The summed E-state index contributed by atoms with van der Waals surface area (Å²) in [4.78, 5) is 25.7. The van der Waals surface area contributed by atoms with E-state index in [1.54, 1.807) is 31.2 Å². The minimum Gasteiger partial charge on any atom is -0.425 e. The third-order valence-corrected chi connectivity index (χ3v) is 5.29. The predicted molar refractivity (Wildman–Crippen MR) is 97.6 cm³/mol. The Morgan fingerprint density at radius 3 is 2.85 bits per heavy atom. The lowest BCUT2D eigenvalue weighted by Gasteiger charge is -2.16. The van der Waals surface area contributed by atoms with E-state index in [4.69, 9.17) is 25.4 Å². The fourth-order valence-electron chi connectivity index (χ4n) is 2.72. The molecule has 0 radical (unpaired) electrons. The molecule has 1 aromatic heterocycles. The van der Waals surface area contributed by atoms with Crippen molar-refractivity contribution in [1.29, 1.82) is 0 Å². The maximum absolute atomic E-state index is 12.2. The number of H-pyrrole nitrogens is 1. The molecule has 1 aromatic carbocycles. The summed E-state index contributed by atoms with van der Waals surface area (Å²) >= 11 is 5.95. The number of aromatic nitrogens is 2. The van der Waals surface area contributed by atoms with Gasteiger partial charge < -0.3 is 14.4 Å². The number of para-hydroxylation sites is 1. The van der Waals surface area contributed by atoms with Crippen molar-refractivity contribution in [3.05, 3.63) is 61.9 Å². The second-order valence-electron chi connectivity index (χ2n) is 5.96. The lowest BCUT2D eigenvalue weighted by atomic mass is 10.2. The molecular weight excluding hydrogens is 399 g/mol. The van der Waals surface area contributed by atoms with Crippen LogP contribution in [-0.4, -0.2) is 33.5 Å². The molecule has 0 aliphatic carbocycles. The van der Waals surface area contributed by atoms with Gasteiger partial charge >= 0.3 is 13.9 Å². The summed E-state index contributed by atoms with van der Waals surface area (Å²) in [5.74, 6) is 0.214. The molecule has 4 atom stereocenters. The highest BCUT2D eigenvalue weighted by Gasteiger charge is 2.38. The largest absolute Gasteiger partial charge is 0.425 e. The minimum absolute atomic E-state index is 0.138. The monoisotopic (exact) mass is 416 g/mol. The van der Waals surface area contributed by atoms with Gasteiger partial charge in [-0.25, -0.2) is 9.36 Å². The lowest BCUT2D eigenvalue weighted by molar-refractivity contribution is -0.0422. The Hall–Kier alpha value is -1.90. The predicted octanol–water partition coefficient (Wildman–Crippen LogP) is 1.63. The Kier molecular flexibility index (Phi) is 6.18. The topological polar surface area (TPSA) is 120 Å². The van der Waals surface area contributed by atoms with Gasteiger partial charge in [0.2, 0.25) is 0 Å². The summed E-state index contributed by atoms with van der Waals surface area (Å²) < 4.78 is 29.7. The highest BCUT2D eigenvalue weighted by atomic mass is 35.5. The number of ether oxygens (including phenoxy) is 1. The van der Waals surface area contributed by atoms with Crippen molar-refractivity contribution < 1.29 is 23.5 Å². The molecule has 1 fully saturated rings. The summed E-state index contributed by atoms with van der Waals surface area (Å²) in [6.45, 7) is 1.15. The van der Waals surface area contributed by atoms with Crippen LogP contribution in [0.2, 0.25) is 5.02 Å². The smallest absolute Gasteiger partial charge is 0.368 e. The number of benzene rings is 1. The van der Waals surface area contributed by atoms with E-state index < -0.39 is 44.5 Å². The van der Waals surface area contributed by atoms with Crippen molar-refractivity contribution in [3.8, 4) is 5.75 Å². The fraction of sp³-hybridized carbons (Fsp3) is 0.375. The number of aliphatic hydroxyl groups is 1. The normalized spacial score (nSPS) is 23.3. The van der Waals surface area contributed by atoms with Gasteiger partial charge in [-0.1, -0.05) is 23.7 Å². The number of aliphatic hydroxyl groups excluding tert-OH is 1. The SMILES string of the molecule is Cc1cn([C@H]2CC(O[PH](=O)Oc3ccccc3Cl)[C@@H](CO)O2)c(=O)[nH]c1=O. The number of hydrogen-bond acceptors (Lipinski definition) is 7. The van der Waals surface area contributed by atoms with Crippen LogP contribution < -0.4 is 15.8 Å². The van der Waals surface area contributed by atoms with Gasteiger partial charge in [-0.15, -0.1) is 0 Å². The van der Waals surface area contributed by atoms with Gasteiger partial charge in [0.1, 0.15) is 24.2 Å². The molecule has 0 saturated carbocycles. The standard InChI is InChI=1S/C16H18ClN2O7P/c1-9-7-19(16(22)18-15(9)21)14-6-12(13(8-20)24-14)26-27(23)25-11-5-3-2-4-10(11)17/h2-5,7,12-14,20,27H,6,8H2,1H3,(H,18,21,22)/t12?,13-,14-/m1/s1. The molecule has 1 aliphatic heterocycles. The minimum atomic E-state index is -2.99. The molecule has 11 heteroatoms. The van der Waals surface area contributed by atoms with Gasteiger partial charge in [-0.3, -0.25) is 18.9 Å². The van der Waals surface area contributed by atoms with Crippen LogP contribution in [0, 0.1) is 6.92 Å². The number of halogens is 1. The molecule has 0 amide bonds. The zero-order chi connectivity index (χ0) is 19.6. The molecule has 1 saturated heterocycles. The van der Waals surface area contributed by atoms with Gasteiger partial charge in [-0.2, -0.15) is 0 Å². The first kappa shape index (κ1) is 19.9. The number of rotatable bonds is 6. The quantitative estimate of drug-likeness (QED) is 0.687. The Labute approximate surface area is 159 Å². The number of hydrogen-bond donors (Lipinski definition) is 2. The summed E-state index contributed by atoms with van der Waals surface area (Å²) in [7, 11) is -2.99. The second-order valence-corrected chi connectivity index (χ2v) is 7.31. The first-order valence-electron chi connectivity index (χ1n) is 8.10. The van der Waals surface area contributed by atoms with Crippen LogP contribution in [0.15, 0.2) is 40.1 Å². The van der Waals surface area contributed by atoms with E-state index in [0.29, 0.717) is 5.56 Å². The average Bonchev–Trinajstić information content (AvgIpc) is 3.02. The van der Waals surface area contributed by atoms with E-state index in [1.807, 2.05) is 0 Å². The molecule has 146 valence electrons. The highest BCUT2D eigenvalue weighted by Crippen LogP contribution is 2.39. The molecule has 2 heterocycles. The van der Waals surface area contributed by atoms with Gasteiger partial charge in [0, 0.05) is 18.2 Å². The summed E-state index contributed by atoms with van der Waals surface area (Å²) in [5.41, 5.74) is -0.800. The molecular formula is C16H18ClN2O7P. The zero-order valence-corrected chi connectivity index (χ0v) is 16.0. The van der Waals surface area contributed by atoms with Crippen LogP contribution in [0.5, 0.6) is 5.75 Å². The molecule has 2 aromatic rings. The Balaban J connectivity index is 1.72. The Bertz CT molecular complexity index is 960. The molecule has 2 unspecified atom stereocenters. The van der Waals surface area contributed by atoms with E-state index in [0.717, 1.165) is 0 Å². The molecule has 0 spiro atoms. The van der Waals surface area contributed by atoms with Gasteiger partial charge in [0.15, 0.2) is 0 Å². The molecule has 2 N–H and O–H groups in total. The van der Waals surface area contributed by atoms with Crippen LogP contribution >= 0.6 is 19.9 Å². The van der Waals surface area contributed by atoms with Crippen LogP contribution in [0.3, 0.4) is 0 Å². The molecule has 9 nitrogen and oxygen atoms in total. The fourth-order valence-corrected chi connectivity index (χ4v) is 3.86. The molecule has 0 bridgehead atoms. The summed E-state index contributed by atoms with van der Waals surface area (Å²) in [5, 5.41) is 9.80. The van der Waals surface area contributed by atoms with E-state index in [9.17, 15) is 19.3 Å². The van der Waals surface area contributed by atoms with E-state index in [2.05, 4.69) is 4.98 Å². The first-order chi connectivity index (χ1) is 12.9. The number of nitrogens with one attached hydrogen (secondary N) is 1. The first-order valence-corrected chi connectivity index (χ1v) is 9.70. The lowest BCUT2D eigenvalue weighted by Crippen LogP contribution is -2.33. The highest BCUT2D eigenvalue weighted by molar-refractivity contribution is 7.33. The van der Waals surface area contributed by atoms with Crippen molar-refractivity contribution in [2.24, 2.45) is 0 Å². The zero-order valence-electron chi connectivity index (χ0n) is 14.3. The van der Waals surface area contributed by atoms with Gasteiger partial charge in [0.05, 0.1) is 11.6 Å². The second kappa shape index (κ2) is 8.41. The van der Waals surface area contributed by atoms with Crippen molar-refractivity contribution >= 4 is 19.9 Å². The molecule has 3 rings (SSSR count). The van der Waals surface area contributed by atoms with Crippen molar-refractivity contribution in [1.82, 2.24) is 9.55 Å². The van der Waals surface area contributed by atoms with Crippen molar-refractivity contribution in [2.45, 2.75) is 31.8 Å². The number of nitrogens with zero attached hydrogens (tertiary/aromatic N) is 1. The molecule has 27 heavy (non-hydrogen) atoms. The molecule has 1 aliphatic rings. The third kappa shape index (κ3) is 4.51. The van der Waals surface area contributed by atoms with Crippen molar-refractivity contribution in [3.63, 3.8) is 0 Å². The maximum atomic E-state index is 12.2. The average molecular weight is 417 g/mol. The van der Waals surface area contributed by atoms with Crippen LogP contribution in [0.1, 0.15) is 18.2 Å². The van der Waals surface area contributed by atoms with E-state index >= 15 is 0 Å². The maximum Gasteiger partial charge on any atom is 0.368 e. The van der Waals surface area contributed by atoms with E-state index in [1.165, 1.54) is 10.8 Å². The van der Waals surface area contributed by atoms with Gasteiger partial charge in [-0.05, 0) is 19.1 Å². The Morgan fingerprint density at radius 2 is 2.15 bits per heavy atom. The van der Waals surface area contributed by atoms with Crippen molar-refractivity contribution in [2.75, 3.05) is 6.61 Å². The van der Waals surface area contributed by atoms with Crippen LogP contribution in [-0.2, 0) is 13.8 Å². The van der Waals surface area contributed by atoms with Gasteiger partial charge in [0.25, 0.3) is 5.56 Å². The Morgan fingerprint density at radius 1 is 1.41 bits per heavy atom. The van der Waals surface area contributed by atoms with Crippen LogP contribution in [0.4, 0.5) is 0 Å². The number of aromatic amines is 1. The van der Waals surface area contributed by atoms with Crippen LogP contribution in [0.25, 0.3) is 0 Å². The summed E-state index contributed by atoms with van der Waals surface area (Å²) in [6.07, 6.45) is -0.860.